The molecule has 1 N–H and O–H groups in total. The standard InChI is InChI=1S/C22H27N5O2/c1-13-12-17-20(14(2)29-13)24-25-21(17)22(28)26-10-8-16(9-11-26)27-15(3)23-18-6-4-5-7-19(18)27/h4-7,13-14,16H,8-12H2,1-3H3,(H,24,25)/t13-,14+/m1/s1. The number of nitrogens with one attached hydrogen (secondary N) is 1. The van der Waals surface area contributed by atoms with E-state index in [2.05, 4.69) is 39.9 Å². The number of benzene rings is 1. The molecular formula is C22H27N5O2. The van der Waals surface area contributed by atoms with Gasteiger partial charge in [0.25, 0.3) is 5.91 Å². The molecule has 1 aromatic carbocycles. The lowest BCUT2D eigenvalue weighted by Gasteiger charge is -2.33. The third-order valence-corrected chi connectivity index (χ3v) is 6.33. The van der Waals surface area contributed by atoms with Crippen molar-refractivity contribution >= 4 is 16.9 Å². The molecular weight excluding hydrogens is 366 g/mol. The largest absolute Gasteiger partial charge is 0.369 e. The summed E-state index contributed by atoms with van der Waals surface area (Å²) >= 11 is 0. The van der Waals surface area contributed by atoms with Crippen molar-refractivity contribution in [3.8, 4) is 0 Å². The molecule has 3 aromatic rings. The Labute approximate surface area is 170 Å². The van der Waals surface area contributed by atoms with Crippen molar-refractivity contribution < 1.29 is 9.53 Å². The number of aryl methyl sites for hydroxylation is 1. The Balaban J connectivity index is 1.34. The summed E-state index contributed by atoms with van der Waals surface area (Å²) in [5, 5.41) is 7.41. The Morgan fingerprint density at radius 3 is 2.76 bits per heavy atom. The number of ether oxygens (including phenoxy) is 1. The molecule has 7 nitrogen and oxygen atoms in total. The zero-order valence-corrected chi connectivity index (χ0v) is 17.2. The van der Waals surface area contributed by atoms with E-state index in [4.69, 9.17) is 9.72 Å². The monoisotopic (exact) mass is 393 g/mol. The second-order valence-electron chi connectivity index (χ2n) is 8.30. The average Bonchev–Trinajstić information content (AvgIpc) is 3.28. The van der Waals surface area contributed by atoms with Gasteiger partial charge in [-0.1, -0.05) is 12.1 Å². The summed E-state index contributed by atoms with van der Waals surface area (Å²) in [5.74, 6) is 1.08. The molecule has 1 fully saturated rings. The summed E-state index contributed by atoms with van der Waals surface area (Å²) in [4.78, 5) is 19.9. The summed E-state index contributed by atoms with van der Waals surface area (Å²) in [5.41, 5.74) is 4.77. The smallest absolute Gasteiger partial charge is 0.274 e. The molecule has 2 aromatic heterocycles. The molecule has 2 aliphatic rings. The number of piperidine rings is 1. The number of rotatable bonds is 2. The van der Waals surface area contributed by atoms with E-state index in [-0.39, 0.29) is 18.1 Å². The zero-order valence-electron chi connectivity index (χ0n) is 17.2. The van der Waals surface area contributed by atoms with E-state index in [0.717, 1.165) is 55.0 Å². The molecule has 0 saturated carbocycles. The molecule has 4 heterocycles. The van der Waals surface area contributed by atoms with E-state index in [1.54, 1.807) is 0 Å². The minimum atomic E-state index is -0.0500. The third-order valence-electron chi connectivity index (χ3n) is 6.33. The van der Waals surface area contributed by atoms with E-state index in [9.17, 15) is 4.79 Å². The molecule has 0 radical (unpaired) electrons. The van der Waals surface area contributed by atoms with Crippen LogP contribution in [0.2, 0.25) is 0 Å². The van der Waals surface area contributed by atoms with Crippen LogP contribution in [-0.4, -0.2) is 49.7 Å². The Hall–Kier alpha value is -2.67. The number of likely N-dealkylation sites (tertiary alicyclic amines) is 1. The van der Waals surface area contributed by atoms with Gasteiger partial charge in [0.05, 0.1) is 28.9 Å². The lowest BCUT2D eigenvalue weighted by atomic mass is 9.98. The fourth-order valence-corrected chi connectivity index (χ4v) is 4.95. The van der Waals surface area contributed by atoms with E-state index < -0.39 is 0 Å². The number of carbonyl (C=O) groups excluding carboxylic acids is 1. The van der Waals surface area contributed by atoms with Crippen LogP contribution in [0.15, 0.2) is 24.3 Å². The van der Waals surface area contributed by atoms with Gasteiger partial charge in [0.15, 0.2) is 5.69 Å². The van der Waals surface area contributed by atoms with Gasteiger partial charge in [0.2, 0.25) is 0 Å². The maximum Gasteiger partial charge on any atom is 0.274 e. The first-order chi connectivity index (χ1) is 14.0. The SMILES string of the molecule is Cc1nc2ccccc2n1C1CCN(C(=O)c2n[nH]c3c2C[C@@H](C)O[C@H]3C)CC1. The number of hydrogen-bond donors (Lipinski definition) is 1. The molecule has 2 atom stereocenters. The number of imidazole rings is 1. The summed E-state index contributed by atoms with van der Waals surface area (Å²) < 4.78 is 8.19. The van der Waals surface area contributed by atoms with Crippen LogP contribution in [0.1, 0.15) is 66.4 Å². The van der Waals surface area contributed by atoms with Crippen molar-refractivity contribution in [2.75, 3.05) is 13.1 Å². The number of hydrogen-bond acceptors (Lipinski definition) is 4. The summed E-state index contributed by atoms with van der Waals surface area (Å²) in [7, 11) is 0. The predicted octanol–water partition coefficient (Wildman–Crippen LogP) is 3.57. The van der Waals surface area contributed by atoms with Crippen LogP contribution >= 0.6 is 0 Å². The minimum Gasteiger partial charge on any atom is -0.369 e. The van der Waals surface area contributed by atoms with Crippen LogP contribution < -0.4 is 0 Å². The van der Waals surface area contributed by atoms with Gasteiger partial charge in [-0.25, -0.2) is 4.98 Å². The molecule has 1 amide bonds. The highest BCUT2D eigenvalue weighted by Crippen LogP contribution is 2.32. The number of amides is 1. The van der Waals surface area contributed by atoms with E-state index >= 15 is 0 Å². The molecule has 2 aliphatic heterocycles. The van der Waals surface area contributed by atoms with Crippen molar-refractivity contribution in [2.45, 2.75) is 58.3 Å². The van der Waals surface area contributed by atoms with Gasteiger partial charge in [0.1, 0.15) is 5.82 Å². The first-order valence-corrected chi connectivity index (χ1v) is 10.5. The van der Waals surface area contributed by atoms with Crippen LogP contribution in [0.4, 0.5) is 0 Å². The van der Waals surface area contributed by atoms with Gasteiger partial charge in [-0.05, 0) is 45.7 Å². The van der Waals surface area contributed by atoms with Crippen molar-refractivity contribution in [1.82, 2.24) is 24.6 Å². The number of nitrogens with zero attached hydrogens (tertiary/aromatic N) is 4. The first-order valence-electron chi connectivity index (χ1n) is 10.5. The fourth-order valence-electron chi connectivity index (χ4n) is 4.95. The zero-order chi connectivity index (χ0) is 20.1. The quantitative estimate of drug-likeness (QED) is 0.722. The van der Waals surface area contributed by atoms with Crippen LogP contribution in [0.3, 0.4) is 0 Å². The highest BCUT2D eigenvalue weighted by molar-refractivity contribution is 5.94. The second kappa shape index (κ2) is 6.99. The van der Waals surface area contributed by atoms with E-state index in [1.807, 2.05) is 24.8 Å². The number of carbonyl (C=O) groups is 1. The Morgan fingerprint density at radius 2 is 1.97 bits per heavy atom. The Kier molecular flexibility index (Phi) is 4.42. The lowest BCUT2D eigenvalue weighted by Crippen LogP contribution is -2.40. The van der Waals surface area contributed by atoms with Crippen LogP contribution in [0, 0.1) is 6.92 Å². The van der Waals surface area contributed by atoms with Crippen LogP contribution in [-0.2, 0) is 11.2 Å². The van der Waals surface area contributed by atoms with Crippen LogP contribution in [0.5, 0.6) is 0 Å². The predicted molar refractivity (Wildman–Crippen MR) is 110 cm³/mol. The maximum atomic E-state index is 13.2. The number of aromatic nitrogens is 4. The number of aromatic amines is 1. The number of para-hydroxylation sites is 2. The van der Waals surface area contributed by atoms with Crippen molar-refractivity contribution in [1.29, 1.82) is 0 Å². The number of fused-ring (bicyclic) bond motifs is 2. The normalized spacial score (nSPS) is 22.8. The third kappa shape index (κ3) is 3.04. The van der Waals surface area contributed by atoms with E-state index in [1.165, 1.54) is 5.52 Å². The highest BCUT2D eigenvalue weighted by Gasteiger charge is 2.33. The molecule has 1 saturated heterocycles. The molecule has 0 unspecified atom stereocenters. The first kappa shape index (κ1) is 18.4. The van der Waals surface area contributed by atoms with Gasteiger partial charge in [-0.15, -0.1) is 0 Å². The van der Waals surface area contributed by atoms with E-state index in [0.29, 0.717) is 11.7 Å². The van der Waals surface area contributed by atoms with Gasteiger partial charge < -0.3 is 14.2 Å². The molecule has 5 rings (SSSR count). The van der Waals surface area contributed by atoms with Gasteiger partial charge in [-0.2, -0.15) is 5.10 Å². The van der Waals surface area contributed by atoms with Gasteiger partial charge in [-0.3, -0.25) is 9.89 Å². The number of H-pyrrole nitrogens is 1. The van der Waals surface area contributed by atoms with Crippen LogP contribution in [0.25, 0.3) is 11.0 Å². The summed E-state index contributed by atoms with van der Waals surface area (Å²) in [6.45, 7) is 7.59. The minimum absolute atomic E-state index is 0.0365. The van der Waals surface area contributed by atoms with Gasteiger partial charge in [0, 0.05) is 31.1 Å². The lowest BCUT2D eigenvalue weighted by molar-refractivity contribution is -0.00703. The highest BCUT2D eigenvalue weighted by atomic mass is 16.5. The second-order valence-corrected chi connectivity index (χ2v) is 8.30. The summed E-state index contributed by atoms with van der Waals surface area (Å²) in [6, 6.07) is 8.65. The van der Waals surface area contributed by atoms with Crippen molar-refractivity contribution in [3.05, 3.63) is 47.0 Å². The molecule has 152 valence electrons. The maximum absolute atomic E-state index is 13.2. The molecule has 29 heavy (non-hydrogen) atoms. The van der Waals surface area contributed by atoms with Gasteiger partial charge >= 0.3 is 0 Å². The fraction of sp³-hybridized carbons (Fsp3) is 0.500. The van der Waals surface area contributed by atoms with Crippen molar-refractivity contribution in [2.24, 2.45) is 0 Å². The average molecular weight is 393 g/mol. The Morgan fingerprint density at radius 1 is 1.21 bits per heavy atom. The Bertz CT molecular complexity index is 1060. The summed E-state index contributed by atoms with van der Waals surface area (Å²) in [6.07, 6.45) is 2.63. The molecule has 0 bridgehead atoms. The topological polar surface area (TPSA) is 76.0 Å². The molecule has 0 spiro atoms. The molecule has 7 heteroatoms. The van der Waals surface area contributed by atoms with Crippen molar-refractivity contribution in [3.63, 3.8) is 0 Å². The molecule has 0 aliphatic carbocycles.